The smallest absolute Gasteiger partial charge is 0.339 e. The lowest BCUT2D eigenvalue weighted by molar-refractivity contribution is -0.141. The topological polar surface area (TPSA) is 80.0 Å². The number of alkyl halides is 3. The molecule has 0 spiro atoms. The van der Waals surface area contributed by atoms with E-state index in [4.69, 9.17) is 0 Å². The summed E-state index contributed by atoms with van der Waals surface area (Å²) in [6, 6.07) is 0.924. The number of anilines is 1. The van der Waals surface area contributed by atoms with Gasteiger partial charge >= 0.3 is 6.18 Å². The van der Waals surface area contributed by atoms with Crippen molar-refractivity contribution in [2.75, 3.05) is 31.1 Å². The maximum absolute atomic E-state index is 12.9. The summed E-state index contributed by atoms with van der Waals surface area (Å²) in [4.78, 5) is 27.2. The third kappa shape index (κ3) is 4.27. The van der Waals surface area contributed by atoms with Gasteiger partial charge in [0.05, 0.1) is 6.54 Å². The summed E-state index contributed by atoms with van der Waals surface area (Å²) in [5, 5.41) is 3.94. The van der Waals surface area contributed by atoms with Gasteiger partial charge in [0.25, 0.3) is 0 Å². The molecule has 140 valence electrons. The molecule has 0 radical (unpaired) electrons. The molecule has 11 heteroatoms. The van der Waals surface area contributed by atoms with Crippen molar-refractivity contribution in [3.8, 4) is 0 Å². The van der Waals surface area contributed by atoms with Crippen molar-refractivity contribution in [3.05, 3.63) is 30.1 Å². The van der Waals surface area contributed by atoms with Gasteiger partial charge in [-0.2, -0.15) is 18.3 Å². The first kappa shape index (κ1) is 18.1. The van der Waals surface area contributed by atoms with Gasteiger partial charge in [-0.3, -0.25) is 9.48 Å². The number of piperazine rings is 1. The van der Waals surface area contributed by atoms with Crippen LogP contribution in [0.25, 0.3) is 0 Å². The molecule has 0 atom stereocenters. The highest BCUT2D eigenvalue weighted by Crippen LogP contribution is 2.29. The number of hydrogen-bond acceptors (Lipinski definition) is 6. The highest BCUT2D eigenvalue weighted by molar-refractivity contribution is 5.76. The van der Waals surface area contributed by atoms with E-state index in [9.17, 15) is 18.0 Å². The van der Waals surface area contributed by atoms with Crippen molar-refractivity contribution < 1.29 is 18.0 Å². The van der Waals surface area contributed by atoms with Crippen LogP contribution in [0.3, 0.4) is 0 Å². The van der Waals surface area contributed by atoms with Gasteiger partial charge in [-0.15, -0.1) is 0 Å². The maximum atomic E-state index is 12.9. The Balaban J connectivity index is 1.58. The van der Waals surface area contributed by atoms with E-state index < -0.39 is 11.9 Å². The lowest BCUT2D eigenvalue weighted by atomic mass is 10.2. The van der Waals surface area contributed by atoms with Crippen molar-refractivity contribution in [2.24, 2.45) is 0 Å². The van der Waals surface area contributed by atoms with Crippen LogP contribution in [0.4, 0.5) is 19.1 Å². The number of carbonyl (C=O) groups excluding carboxylic acids is 1. The number of carbonyl (C=O) groups is 1. The summed E-state index contributed by atoms with van der Waals surface area (Å²) in [5.74, 6) is 0.0216. The lowest BCUT2D eigenvalue weighted by Gasteiger charge is -2.35. The summed E-state index contributed by atoms with van der Waals surface area (Å²) >= 11 is 0. The van der Waals surface area contributed by atoms with Crippen LogP contribution >= 0.6 is 0 Å². The fourth-order valence-corrected chi connectivity index (χ4v) is 2.71. The van der Waals surface area contributed by atoms with Gasteiger partial charge in [0.1, 0.15) is 18.3 Å². The summed E-state index contributed by atoms with van der Waals surface area (Å²) in [5.41, 5.74) is -0.694. The molecule has 1 amide bonds. The zero-order chi connectivity index (χ0) is 18.7. The van der Waals surface area contributed by atoms with Gasteiger partial charge in [-0.25, -0.2) is 15.0 Å². The van der Waals surface area contributed by atoms with Crippen LogP contribution in [0.1, 0.15) is 17.8 Å². The van der Waals surface area contributed by atoms with E-state index in [-0.39, 0.29) is 17.5 Å². The van der Waals surface area contributed by atoms with Crippen molar-refractivity contribution in [1.82, 2.24) is 29.6 Å². The van der Waals surface area contributed by atoms with E-state index >= 15 is 0 Å². The first-order valence-corrected chi connectivity index (χ1v) is 8.11. The summed E-state index contributed by atoms with van der Waals surface area (Å²) < 4.78 is 40.3. The van der Waals surface area contributed by atoms with E-state index in [1.54, 1.807) is 20.8 Å². The molecule has 1 aliphatic rings. The van der Waals surface area contributed by atoms with Gasteiger partial charge in [0.2, 0.25) is 11.9 Å². The van der Waals surface area contributed by atoms with E-state index in [1.807, 2.05) is 0 Å². The standard InChI is InChI=1S/C15H18F3N7O/c1-11-8-12(15(16,17)18)22-14(21-11)24-6-4-23(5-7-24)13(26)2-3-25-10-19-9-20-25/h8-10H,2-7H2,1H3. The number of aromatic nitrogens is 5. The van der Waals surface area contributed by atoms with Crippen LogP contribution in [-0.2, 0) is 17.5 Å². The second-order valence-electron chi connectivity index (χ2n) is 5.97. The zero-order valence-corrected chi connectivity index (χ0v) is 14.1. The Kier molecular flexibility index (Phi) is 5.05. The van der Waals surface area contributed by atoms with E-state index in [0.29, 0.717) is 39.1 Å². The van der Waals surface area contributed by atoms with Gasteiger partial charge in [-0.05, 0) is 13.0 Å². The van der Waals surface area contributed by atoms with Crippen molar-refractivity contribution in [1.29, 1.82) is 0 Å². The molecule has 2 aromatic heterocycles. The molecule has 3 rings (SSSR count). The normalized spacial score (nSPS) is 15.4. The minimum atomic E-state index is -4.51. The van der Waals surface area contributed by atoms with Crippen LogP contribution in [0.5, 0.6) is 0 Å². The Morgan fingerprint density at radius 1 is 1.19 bits per heavy atom. The molecule has 0 saturated carbocycles. The average molecular weight is 369 g/mol. The van der Waals surface area contributed by atoms with E-state index in [1.165, 1.54) is 13.3 Å². The Morgan fingerprint density at radius 2 is 1.92 bits per heavy atom. The molecule has 0 N–H and O–H groups in total. The van der Waals surface area contributed by atoms with Gasteiger partial charge in [-0.1, -0.05) is 0 Å². The van der Waals surface area contributed by atoms with Crippen LogP contribution in [0.2, 0.25) is 0 Å². The third-order valence-electron chi connectivity index (χ3n) is 4.07. The Labute approximate surface area is 147 Å². The highest BCUT2D eigenvalue weighted by Gasteiger charge is 2.34. The molecule has 26 heavy (non-hydrogen) atoms. The first-order valence-electron chi connectivity index (χ1n) is 8.11. The number of hydrogen-bond donors (Lipinski definition) is 0. The molecule has 0 aromatic carbocycles. The minimum Gasteiger partial charge on any atom is -0.339 e. The lowest BCUT2D eigenvalue weighted by Crippen LogP contribution is -2.49. The predicted octanol–water partition coefficient (Wildman–Crippen LogP) is 1.13. The summed E-state index contributed by atoms with van der Waals surface area (Å²) in [7, 11) is 0. The molecular weight excluding hydrogens is 351 g/mol. The number of aryl methyl sites for hydroxylation is 2. The first-order chi connectivity index (χ1) is 12.3. The molecule has 2 aromatic rings. The van der Waals surface area contributed by atoms with Crippen molar-refractivity contribution in [3.63, 3.8) is 0 Å². The molecule has 1 fully saturated rings. The SMILES string of the molecule is Cc1cc(C(F)(F)F)nc(N2CCN(C(=O)CCn3cncn3)CC2)n1. The molecule has 1 aliphatic heterocycles. The number of nitrogens with zero attached hydrogens (tertiary/aromatic N) is 7. The van der Waals surface area contributed by atoms with Gasteiger partial charge < -0.3 is 9.80 Å². The number of amides is 1. The van der Waals surface area contributed by atoms with Gasteiger partial charge in [0, 0.05) is 38.3 Å². The molecule has 0 aliphatic carbocycles. The van der Waals surface area contributed by atoms with E-state index in [0.717, 1.165) is 6.07 Å². The molecule has 3 heterocycles. The summed E-state index contributed by atoms with van der Waals surface area (Å²) in [6.45, 7) is 3.54. The Morgan fingerprint density at radius 3 is 2.54 bits per heavy atom. The van der Waals surface area contributed by atoms with Gasteiger partial charge in [0.15, 0.2) is 0 Å². The van der Waals surface area contributed by atoms with Crippen LogP contribution in [-0.4, -0.2) is 61.7 Å². The number of halogens is 3. The maximum Gasteiger partial charge on any atom is 0.433 e. The van der Waals surface area contributed by atoms with Crippen LogP contribution in [0.15, 0.2) is 18.7 Å². The minimum absolute atomic E-state index is 0.0266. The second-order valence-corrected chi connectivity index (χ2v) is 5.97. The van der Waals surface area contributed by atoms with Crippen molar-refractivity contribution in [2.45, 2.75) is 26.1 Å². The van der Waals surface area contributed by atoms with Crippen LogP contribution < -0.4 is 4.90 Å². The number of rotatable bonds is 4. The Hall–Kier alpha value is -2.72. The van der Waals surface area contributed by atoms with E-state index in [2.05, 4.69) is 20.1 Å². The predicted molar refractivity (Wildman–Crippen MR) is 85.2 cm³/mol. The zero-order valence-electron chi connectivity index (χ0n) is 14.1. The Bertz CT molecular complexity index is 755. The molecule has 8 nitrogen and oxygen atoms in total. The molecule has 0 bridgehead atoms. The fraction of sp³-hybridized carbons (Fsp3) is 0.533. The van der Waals surface area contributed by atoms with Crippen LogP contribution in [0, 0.1) is 6.92 Å². The average Bonchev–Trinajstić information content (AvgIpc) is 3.12. The largest absolute Gasteiger partial charge is 0.433 e. The molecule has 0 unspecified atom stereocenters. The molecule has 1 saturated heterocycles. The van der Waals surface area contributed by atoms with Crippen molar-refractivity contribution >= 4 is 11.9 Å². The quantitative estimate of drug-likeness (QED) is 0.804. The monoisotopic (exact) mass is 369 g/mol. The highest BCUT2D eigenvalue weighted by atomic mass is 19.4. The summed E-state index contributed by atoms with van der Waals surface area (Å²) in [6.07, 6.45) is -1.27. The fourth-order valence-electron chi connectivity index (χ4n) is 2.71. The molecular formula is C15H18F3N7O. The third-order valence-corrected chi connectivity index (χ3v) is 4.07. The second kappa shape index (κ2) is 7.26.